The molecule has 0 saturated carbocycles. The smallest absolute Gasteiger partial charge is 0.167 e. The van der Waals surface area contributed by atoms with Gasteiger partial charge in [0.2, 0.25) is 0 Å². The lowest BCUT2D eigenvalue weighted by atomic mass is 10.5. The second-order valence-electron chi connectivity index (χ2n) is 2.08. The highest BCUT2D eigenvalue weighted by Crippen LogP contribution is 2.22. The number of halogens is 6. The zero-order valence-corrected chi connectivity index (χ0v) is 7.58. The summed E-state index contributed by atoms with van der Waals surface area (Å²) >= 11 is 0. The molecule has 0 heterocycles. The van der Waals surface area contributed by atoms with E-state index >= 15 is 0 Å². The Morgan fingerprint density at radius 2 is 0.857 bits per heavy atom. The molecule has 0 unspecified atom stereocenters. The SMILES string of the molecule is CC=CC.FC(F)(F)C=CC(F)(F)F. The van der Waals surface area contributed by atoms with E-state index in [-0.39, 0.29) is 0 Å². The van der Waals surface area contributed by atoms with Gasteiger partial charge in [-0.25, -0.2) is 0 Å². The average Bonchev–Trinajstić information content (AvgIpc) is 1.99. The molecule has 0 N–H and O–H groups in total. The number of alkyl halides is 6. The zero-order chi connectivity index (χ0) is 11.8. The molecule has 0 bridgehead atoms. The van der Waals surface area contributed by atoms with Gasteiger partial charge in [-0.3, -0.25) is 0 Å². The van der Waals surface area contributed by atoms with Crippen molar-refractivity contribution in [3.05, 3.63) is 24.3 Å². The fraction of sp³-hybridized carbons (Fsp3) is 0.500. The first-order valence-electron chi connectivity index (χ1n) is 3.53. The molecule has 6 heteroatoms. The molecular weight excluding hydrogens is 210 g/mol. The molecule has 14 heavy (non-hydrogen) atoms. The van der Waals surface area contributed by atoms with E-state index in [1.165, 1.54) is 0 Å². The standard InChI is InChI=1S/C4H2F6.C4H8/c5-3(6,7)1-2-4(8,9)10;1-3-4-2/h1-2H;3-4H,1-2H3. The highest BCUT2D eigenvalue weighted by molar-refractivity contribution is 4.93. The van der Waals surface area contributed by atoms with Crippen LogP contribution in [0.4, 0.5) is 26.3 Å². The van der Waals surface area contributed by atoms with Crippen molar-refractivity contribution in [2.24, 2.45) is 0 Å². The van der Waals surface area contributed by atoms with Crippen molar-refractivity contribution in [2.45, 2.75) is 26.2 Å². The number of hydrogen-bond acceptors (Lipinski definition) is 0. The Labute approximate surface area is 77.9 Å². The summed E-state index contributed by atoms with van der Waals surface area (Å²) in [5, 5.41) is 0. The van der Waals surface area contributed by atoms with Crippen LogP contribution in [0.2, 0.25) is 0 Å². The maximum absolute atomic E-state index is 11.0. The molecule has 0 radical (unpaired) electrons. The summed E-state index contributed by atoms with van der Waals surface area (Å²) in [4.78, 5) is 0. The van der Waals surface area contributed by atoms with Crippen LogP contribution in [0.5, 0.6) is 0 Å². The van der Waals surface area contributed by atoms with Gasteiger partial charge >= 0.3 is 12.4 Å². The fourth-order valence-electron chi connectivity index (χ4n) is 0.189. The molecule has 0 rings (SSSR count). The lowest BCUT2D eigenvalue weighted by Gasteiger charge is -1.99. The second kappa shape index (κ2) is 6.50. The summed E-state index contributed by atoms with van der Waals surface area (Å²) in [5.41, 5.74) is 0. The van der Waals surface area contributed by atoms with Crippen molar-refractivity contribution < 1.29 is 26.3 Å². The average molecular weight is 220 g/mol. The maximum atomic E-state index is 11.0. The van der Waals surface area contributed by atoms with Crippen LogP contribution in [0, 0.1) is 0 Å². The molecule has 0 saturated heterocycles. The van der Waals surface area contributed by atoms with Crippen LogP contribution in [0.15, 0.2) is 24.3 Å². The van der Waals surface area contributed by atoms with Crippen molar-refractivity contribution in [3.8, 4) is 0 Å². The minimum atomic E-state index is -4.89. The number of hydrogen-bond donors (Lipinski definition) is 0. The van der Waals surface area contributed by atoms with Crippen LogP contribution in [0.3, 0.4) is 0 Å². The minimum Gasteiger partial charge on any atom is -0.167 e. The van der Waals surface area contributed by atoms with Gasteiger partial charge in [-0.2, -0.15) is 26.3 Å². The third kappa shape index (κ3) is 22.5. The molecule has 0 aliphatic carbocycles. The summed E-state index contributed by atoms with van der Waals surface area (Å²) < 4.78 is 66.0. The van der Waals surface area contributed by atoms with E-state index in [1.807, 2.05) is 26.0 Å². The van der Waals surface area contributed by atoms with E-state index in [0.717, 1.165) is 0 Å². The molecule has 0 aromatic rings. The first-order valence-corrected chi connectivity index (χ1v) is 3.53. The van der Waals surface area contributed by atoms with Crippen LogP contribution in [-0.2, 0) is 0 Å². The predicted molar refractivity (Wildman–Crippen MR) is 41.7 cm³/mol. The van der Waals surface area contributed by atoms with Crippen molar-refractivity contribution in [2.75, 3.05) is 0 Å². The first-order chi connectivity index (χ1) is 6.12. The number of rotatable bonds is 0. The van der Waals surface area contributed by atoms with Crippen molar-refractivity contribution in [1.29, 1.82) is 0 Å². The summed E-state index contributed by atoms with van der Waals surface area (Å²) in [6, 6.07) is 0. The Morgan fingerprint density at radius 1 is 0.643 bits per heavy atom. The van der Waals surface area contributed by atoms with Gasteiger partial charge in [0.1, 0.15) is 0 Å². The van der Waals surface area contributed by atoms with Crippen LogP contribution in [0.1, 0.15) is 13.8 Å². The molecule has 0 aromatic heterocycles. The summed E-state index contributed by atoms with van der Waals surface area (Å²) in [7, 11) is 0. The van der Waals surface area contributed by atoms with E-state index in [4.69, 9.17) is 0 Å². The summed E-state index contributed by atoms with van der Waals surface area (Å²) in [6.07, 6.45) is -7.49. The highest BCUT2D eigenvalue weighted by Gasteiger charge is 2.29. The first kappa shape index (κ1) is 15.5. The largest absolute Gasteiger partial charge is 0.409 e. The Kier molecular flexibility index (Phi) is 7.21. The number of allylic oxidation sites excluding steroid dienone is 4. The van der Waals surface area contributed by atoms with Gasteiger partial charge in [-0.15, -0.1) is 0 Å². The third-order valence-electron chi connectivity index (χ3n) is 0.795. The second-order valence-corrected chi connectivity index (χ2v) is 2.08. The lowest BCUT2D eigenvalue weighted by molar-refractivity contribution is -0.0981. The van der Waals surface area contributed by atoms with Gasteiger partial charge in [0.15, 0.2) is 0 Å². The molecular formula is C8H10F6. The zero-order valence-electron chi connectivity index (χ0n) is 7.58. The predicted octanol–water partition coefficient (Wildman–Crippen LogP) is 4.25. The Hall–Kier alpha value is -0.940. The van der Waals surface area contributed by atoms with Gasteiger partial charge in [0.25, 0.3) is 0 Å². The highest BCUT2D eigenvalue weighted by atomic mass is 19.4. The third-order valence-corrected chi connectivity index (χ3v) is 0.795. The maximum Gasteiger partial charge on any atom is 0.409 e. The molecule has 0 fully saturated rings. The summed E-state index contributed by atoms with van der Waals surface area (Å²) in [6.45, 7) is 4.00. The Bertz CT molecular complexity index is 163. The normalized spacial score (nSPS) is 13.1. The monoisotopic (exact) mass is 220 g/mol. The van der Waals surface area contributed by atoms with E-state index in [1.54, 1.807) is 0 Å². The van der Waals surface area contributed by atoms with Crippen molar-refractivity contribution in [1.82, 2.24) is 0 Å². The molecule has 0 aliphatic rings. The molecule has 0 atom stereocenters. The fourth-order valence-corrected chi connectivity index (χ4v) is 0.189. The van der Waals surface area contributed by atoms with Crippen LogP contribution < -0.4 is 0 Å². The van der Waals surface area contributed by atoms with Gasteiger partial charge in [-0.05, 0) is 13.8 Å². The van der Waals surface area contributed by atoms with Gasteiger partial charge in [-0.1, -0.05) is 12.2 Å². The Morgan fingerprint density at radius 3 is 0.929 bits per heavy atom. The molecule has 0 amide bonds. The Balaban J connectivity index is 0. The quantitative estimate of drug-likeness (QED) is 0.423. The molecule has 84 valence electrons. The van der Waals surface area contributed by atoms with E-state index in [0.29, 0.717) is 0 Å². The van der Waals surface area contributed by atoms with E-state index < -0.39 is 24.5 Å². The van der Waals surface area contributed by atoms with Crippen LogP contribution >= 0.6 is 0 Å². The molecule has 0 aromatic carbocycles. The van der Waals surface area contributed by atoms with E-state index in [9.17, 15) is 26.3 Å². The van der Waals surface area contributed by atoms with Gasteiger partial charge < -0.3 is 0 Å². The van der Waals surface area contributed by atoms with Gasteiger partial charge in [0, 0.05) is 12.2 Å². The van der Waals surface area contributed by atoms with E-state index in [2.05, 4.69) is 0 Å². The van der Waals surface area contributed by atoms with Crippen LogP contribution in [-0.4, -0.2) is 12.4 Å². The molecule has 0 aliphatic heterocycles. The van der Waals surface area contributed by atoms with Crippen molar-refractivity contribution in [3.63, 3.8) is 0 Å². The van der Waals surface area contributed by atoms with Crippen molar-refractivity contribution >= 4 is 0 Å². The van der Waals surface area contributed by atoms with Gasteiger partial charge in [0.05, 0.1) is 0 Å². The summed E-state index contributed by atoms with van der Waals surface area (Å²) in [5.74, 6) is 0. The molecule has 0 spiro atoms. The van der Waals surface area contributed by atoms with Crippen LogP contribution in [0.25, 0.3) is 0 Å². The minimum absolute atomic E-state index is 0.854. The topological polar surface area (TPSA) is 0 Å². The molecule has 0 nitrogen and oxygen atoms in total. The lowest BCUT2D eigenvalue weighted by Crippen LogP contribution is -2.07.